The van der Waals surface area contributed by atoms with Gasteiger partial charge in [-0.25, -0.2) is 0 Å². The van der Waals surface area contributed by atoms with E-state index in [4.69, 9.17) is 4.55 Å². The highest BCUT2D eigenvalue weighted by Crippen LogP contribution is 2.40. The first-order valence-corrected chi connectivity index (χ1v) is 11.3. The summed E-state index contributed by atoms with van der Waals surface area (Å²) in [4.78, 5) is 0. The second kappa shape index (κ2) is 7.76. The van der Waals surface area contributed by atoms with Crippen LogP contribution in [0.2, 0.25) is 0 Å². The van der Waals surface area contributed by atoms with Crippen molar-refractivity contribution in [1.82, 2.24) is 0 Å². The summed E-state index contributed by atoms with van der Waals surface area (Å²) >= 11 is 0. The number of allylic oxidation sites excluding steroid dienone is 1. The Morgan fingerprint density at radius 1 is 1.03 bits per heavy atom. The van der Waals surface area contributed by atoms with Crippen LogP contribution in [0, 0.1) is 13.8 Å². The van der Waals surface area contributed by atoms with Crippen LogP contribution in [0.1, 0.15) is 42.5 Å². The molecule has 2 aromatic carbocycles. The summed E-state index contributed by atoms with van der Waals surface area (Å²) in [7, 11) is -4.00. The Kier molecular flexibility index (Phi) is 5.70. The maximum absolute atomic E-state index is 11.2. The number of hydrogen-bond donors (Lipinski definition) is 2. The van der Waals surface area contributed by atoms with Crippen molar-refractivity contribution in [2.24, 2.45) is 0 Å². The van der Waals surface area contributed by atoms with E-state index in [-0.39, 0.29) is 16.9 Å². The van der Waals surface area contributed by atoms with Gasteiger partial charge in [0.25, 0.3) is 10.1 Å². The maximum Gasteiger partial charge on any atom is 0.265 e. The van der Waals surface area contributed by atoms with Crippen LogP contribution in [0.3, 0.4) is 0 Å². The minimum Gasteiger partial charge on any atom is -0.507 e. The van der Waals surface area contributed by atoms with Crippen molar-refractivity contribution in [3.63, 3.8) is 0 Å². The van der Waals surface area contributed by atoms with Crippen molar-refractivity contribution in [3.05, 3.63) is 64.7 Å². The van der Waals surface area contributed by atoms with Crippen molar-refractivity contribution in [3.8, 4) is 5.75 Å². The van der Waals surface area contributed by atoms with Gasteiger partial charge in [0.1, 0.15) is 12.3 Å². The van der Waals surface area contributed by atoms with Crippen LogP contribution in [0.25, 0.3) is 6.08 Å². The lowest BCUT2D eigenvalue weighted by Gasteiger charge is -2.16. The van der Waals surface area contributed by atoms with Gasteiger partial charge in [0.15, 0.2) is 5.71 Å². The zero-order valence-corrected chi connectivity index (χ0v) is 18.1. The van der Waals surface area contributed by atoms with E-state index in [1.54, 1.807) is 6.07 Å². The molecule has 3 rings (SSSR count). The molecule has 2 aromatic rings. The highest BCUT2D eigenvalue weighted by Gasteiger charge is 2.44. The average Bonchev–Trinajstić information content (AvgIpc) is 2.80. The Morgan fingerprint density at radius 3 is 2.34 bits per heavy atom. The van der Waals surface area contributed by atoms with Gasteiger partial charge >= 0.3 is 0 Å². The van der Waals surface area contributed by atoms with Crippen molar-refractivity contribution in [1.29, 1.82) is 0 Å². The molecule has 29 heavy (non-hydrogen) atoms. The number of phenols is 1. The van der Waals surface area contributed by atoms with Crippen LogP contribution in [-0.2, 0) is 15.5 Å². The fourth-order valence-corrected chi connectivity index (χ4v) is 4.39. The first-order chi connectivity index (χ1) is 13.5. The molecular weight excluding hydrogens is 386 g/mol. The summed E-state index contributed by atoms with van der Waals surface area (Å²) in [5.74, 6) is -0.0511. The molecule has 2 N–H and O–H groups in total. The van der Waals surface area contributed by atoms with Crippen molar-refractivity contribution in [2.75, 3.05) is 12.3 Å². The molecule has 1 aliphatic heterocycles. The Labute approximate surface area is 172 Å². The third kappa shape index (κ3) is 4.60. The monoisotopic (exact) mass is 414 g/mol. The lowest BCUT2D eigenvalue weighted by atomic mass is 9.81. The molecule has 6 heteroatoms. The molecule has 1 heterocycles. The second-order valence-electron chi connectivity index (χ2n) is 8.22. The SMILES string of the molecule is Cc1ccc(/C=C/C2=[N+](CCCS(=O)(=O)O)c3ccc(C)cc3C2(C)C)c(O)c1. The summed E-state index contributed by atoms with van der Waals surface area (Å²) < 4.78 is 33.6. The Hall–Kier alpha value is -2.44. The van der Waals surface area contributed by atoms with Crippen LogP contribution in [0.4, 0.5) is 5.69 Å². The number of nitrogens with zero attached hydrogens (tertiary/aromatic N) is 1. The third-order valence-electron chi connectivity index (χ3n) is 5.44. The molecule has 1 aliphatic rings. The van der Waals surface area contributed by atoms with Gasteiger partial charge in [0, 0.05) is 29.7 Å². The summed E-state index contributed by atoms with van der Waals surface area (Å²) in [5.41, 5.74) is 5.84. The van der Waals surface area contributed by atoms with Crippen LogP contribution in [0.15, 0.2) is 42.5 Å². The maximum atomic E-state index is 11.2. The topological polar surface area (TPSA) is 77.6 Å². The van der Waals surface area contributed by atoms with Gasteiger partial charge in [-0.1, -0.05) is 23.8 Å². The van der Waals surface area contributed by atoms with Gasteiger partial charge in [0.2, 0.25) is 5.69 Å². The van der Waals surface area contributed by atoms with E-state index in [0.29, 0.717) is 13.0 Å². The first-order valence-electron chi connectivity index (χ1n) is 9.68. The molecule has 0 fully saturated rings. The number of aryl methyl sites for hydroxylation is 2. The molecule has 0 atom stereocenters. The van der Waals surface area contributed by atoms with E-state index in [0.717, 1.165) is 28.1 Å². The lowest BCUT2D eigenvalue weighted by Crippen LogP contribution is -2.28. The van der Waals surface area contributed by atoms with E-state index in [1.165, 1.54) is 5.56 Å². The van der Waals surface area contributed by atoms with Gasteiger partial charge < -0.3 is 5.11 Å². The first kappa shape index (κ1) is 21.3. The number of aromatic hydroxyl groups is 1. The van der Waals surface area contributed by atoms with Gasteiger partial charge in [-0.05, 0) is 51.5 Å². The molecule has 0 bridgehead atoms. The number of benzene rings is 2. The predicted molar refractivity (Wildman–Crippen MR) is 117 cm³/mol. The summed E-state index contributed by atoms with van der Waals surface area (Å²) in [6.07, 6.45) is 4.20. The normalized spacial score (nSPS) is 15.9. The number of rotatable bonds is 6. The fraction of sp³-hybridized carbons (Fsp3) is 0.348. The molecule has 0 saturated carbocycles. The standard InChI is InChI=1S/C23H27NO4S/c1-16-7-10-20-19(14-16)23(3,4)22(24(20)12-5-13-29(26,27)28)11-9-18-8-6-17(2)15-21(18)25/h6-11,14-15H,5,12-13H2,1-4H3,(H,26,27,28)/p+1. The average molecular weight is 415 g/mol. The number of fused-ring (bicyclic) bond motifs is 1. The molecule has 154 valence electrons. The van der Waals surface area contributed by atoms with Crippen molar-refractivity contribution in [2.45, 2.75) is 39.5 Å². The second-order valence-corrected chi connectivity index (χ2v) is 9.79. The quantitative estimate of drug-likeness (QED) is 0.543. The minimum absolute atomic E-state index is 0.226. The summed E-state index contributed by atoms with van der Waals surface area (Å²) in [6.45, 7) is 8.74. The largest absolute Gasteiger partial charge is 0.507 e. The van der Waals surface area contributed by atoms with E-state index in [2.05, 4.69) is 37.5 Å². The summed E-state index contributed by atoms with van der Waals surface area (Å²) in [6, 6.07) is 11.8. The smallest absolute Gasteiger partial charge is 0.265 e. The molecule has 0 saturated heterocycles. The highest BCUT2D eigenvalue weighted by molar-refractivity contribution is 7.85. The van der Waals surface area contributed by atoms with Gasteiger partial charge in [0.05, 0.1) is 11.2 Å². The van der Waals surface area contributed by atoms with Gasteiger partial charge in [-0.15, -0.1) is 0 Å². The number of phenolic OH excluding ortho intramolecular Hbond substituents is 1. The van der Waals surface area contributed by atoms with Crippen LogP contribution < -0.4 is 0 Å². The molecule has 0 unspecified atom stereocenters. The molecule has 5 nitrogen and oxygen atoms in total. The van der Waals surface area contributed by atoms with E-state index < -0.39 is 10.1 Å². The fourth-order valence-electron chi connectivity index (χ4n) is 3.90. The lowest BCUT2D eigenvalue weighted by molar-refractivity contribution is -0.437. The Balaban J connectivity index is 2.04. The summed E-state index contributed by atoms with van der Waals surface area (Å²) in [5, 5.41) is 10.2. The zero-order valence-electron chi connectivity index (χ0n) is 17.3. The van der Waals surface area contributed by atoms with Gasteiger partial charge in [-0.3, -0.25) is 4.55 Å². The van der Waals surface area contributed by atoms with E-state index >= 15 is 0 Å². The minimum atomic E-state index is -4.00. The van der Waals surface area contributed by atoms with Crippen LogP contribution in [0.5, 0.6) is 5.75 Å². The molecule has 0 spiro atoms. The zero-order chi connectivity index (χ0) is 21.4. The molecule has 0 amide bonds. The Morgan fingerprint density at radius 2 is 1.69 bits per heavy atom. The molecule has 0 aromatic heterocycles. The van der Waals surface area contributed by atoms with Gasteiger partial charge in [-0.2, -0.15) is 13.0 Å². The number of hydrogen-bond acceptors (Lipinski definition) is 3. The highest BCUT2D eigenvalue weighted by atomic mass is 32.2. The Bertz CT molecular complexity index is 1110. The molecule has 0 aliphatic carbocycles. The molecular formula is C23H28NO4S+. The van der Waals surface area contributed by atoms with Crippen LogP contribution >= 0.6 is 0 Å². The molecule has 0 radical (unpaired) electrons. The predicted octanol–water partition coefficient (Wildman–Crippen LogP) is 4.38. The van der Waals surface area contributed by atoms with Crippen molar-refractivity contribution < 1.29 is 22.7 Å². The van der Waals surface area contributed by atoms with Crippen molar-refractivity contribution >= 4 is 27.6 Å². The van der Waals surface area contributed by atoms with E-state index in [1.807, 2.05) is 37.3 Å². The van der Waals surface area contributed by atoms with Crippen LogP contribution in [-0.4, -0.2) is 40.7 Å². The van der Waals surface area contributed by atoms with E-state index in [9.17, 15) is 13.5 Å². The third-order valence-corrected chi connectivity index (χ3v) is 6.24.